The van der Waals surface area contributed by atoms with Gasteiger partial charge in [-0.3, -0.25) is 14.4 Å². The Hall–Kier alpha value is -1.04. The van der Waals surface area contributed by atoms with Crippen molar-refractivity contribution in [3.05, 3.63) is 0 Å². The molecule has 5 nitrogen and oxygen atoms in total. The van der Waals surface area contributed by atoms with Crippen LogP contribution in [0, 0.1) is 5.92 Å². The summed E-state index contributed by atoms with van der Waals surface area (Å²) in [6, 6.07) is 0. The van der Waals surface area contributed by atoms with Crippen LogP contribution in [-0.2, 0) is 14.4 Å². The lowest BCUT2D eigenvalue weighted by Gasteiger charge is -2.09. The van der Waals surface area contributed by atoms with Gasteiger partial charge < -0.3 is 10.4 Å². The summed E-state index contributed by atoms with van der Waals surface area (Å²) < 4.78 is 0. The number of thioether (sulfide) groups is 1. The van der Waals surface area contributed by atoms with Gasteiger partial charge >= 0.3 is 5.97 Å². The van der Waals surface area contributed by atoms with Crippen LogP contribution >= 0.6 is 11.8 Å². The van der Waals surface area contributed by atoms with Crippen molar-refractivity contribution in [2.75, 3.05) is 12.3 Å². The molecular weight excluding hydrogens is 230 g/mol. The topological polar surface area (TPSA) is 83.5 Å². The molecule has 0 aliphatic heterocycles. The third-order valence-corrected chi connectivity index (χ3v) is 2.75. The van der Waals surface area contributed by atoms with E-state index in [1.807, 2.05) is 0 Å². The van der Waals surface area contributed by atoms with Gasteiger partial charge in [0, 0.05) is 25.1 Å². The van der Waals surface area contributed by atoms with Gasteiger partial charge in [-0.25, -0.2) is 0 Å². The van der Waals surface area contributed by atoms with Gasteiger partial charge in [-0.1, -0.05) is 18.7 Å². The first-order chi connectivity index (χ1) is 7.43. The third-order valence-electron chi connectivity index (χ3n) is 1.85. The van der Waals surface area contributed by atoms with E-state index in [-0.39, 0.29) is 17.4 Å². The summed E-state index contributed by atoms with van der Waals surface area (Å²) in [6.45, 7) is 3.55. The Kier molecular flexibility index (Phi) is 7.62. The van der Waals surface area contributed by atoms with Gasteiger partial charge in [-0.2, -0.15) is 0 Å². The van der Waals surface area contributed by atoms with Crippen molar-refractivity contribution in [3.8, 4) is 0 Å². The maximum Gasteiger partial charge on any atom is 0.304 e. The SMILES string of the molecule is CC(=O)SCCCNC(=O)C(C)CC(=O)O. The predicted molar refractivity (Wildman–Crippen MR) is 62.2 cm³/mol. The highest BCUT2D eigenvalue weighted by Crippen LogP contribution is 2.03. The fourth-order valence-electron chi connectivity index (χ4n) is 1.03. The first-order valence-corrected chi connectivity index (χ1v) is 6.05. The lowest BCUT2D eigenvalue weighted by Crippen LogP contribution is -2.31. The number of aliphatic carboxylic acids is 1. The molecule has 92 valence electrons. The Bertz CT molecular complexity index is 268. The largest absolute Gasteiger partial charge is 0.481 e. The number of nitrogens with one attached hydrogen (secondary N) is 1. The van der Waals surface area contributed by atoms with Crippen LogP contribution in [-0.4, -0.2) is 34.4 Å². The van der Waals surface area contributed by atoms with Crippen molar-refractivity contribution in [3.63, 3.8) is 0 Å². The van der Waals surface area contributed by atoms with Gasteiger partial charge in [0.15, 0.2) is 5.12 Å². The second-order valence-corrected chi connectivity index (χ2v) is 4.76. The maximum absolute atomic E-state index is 11.3. The Morgan fingerprint density at radius 3 is 2.50 bits per heavy atom. The molecule has 0 rings (SSSR count). The first-order valence-electron chi connectivity index (χ1n) is 5.06. The quantitative estimate of drug-likeness (QED) is 0.653. The Morgan fingerprint density at radius 2 is 2.00 bits per heavy atom. The lowest BCUT2D eigenvalue weighted by atomic mass is 10.1. The van der Waals surface area contributed by atoms with E-state index in [9.17, 15) is 14.4 Å². The van der Waals surface area contributed by atoms with Crippen LogP contribution in [0.1, 0.15) is 26.7 Å². The minimum Gasteiger partial charge on any atom is -0.481 e. The number of carbonyl (C=O) groups is 3. The van der Waals surface area contributed by atoms with Crippen LogP contribution in [0.4, 0.5) is 0 Å². The summed E-state index contributed by atoms with van der Waals surface area (Å²) in [5.41, 5.74) is 0. The second-order valence-electron chi connectivity index (χ2n) is 3.48. The molecular formula is C10H17NO4S. The summed E-state index contributed by atoms with van der Waals surface area (Å²) in [4.78, 5) is 32.3. The normalized spacial score (nSPS) is 11.9. The molecule has 0 aromatic heterocycles. The Labute approximate surface area is 99.0 Å². The highest BCUT2D eigenvalue weighted by atomic mass is 32.2. The fraction of sp³-hybridized carbons (Fsp3) is 0.700. The molecule has 0 heterocycles. The molecule has 0 aliphatic rings. The zero-order valence-corrected chi connectivity index (χ0v) is 10.3. The van der Waals surface area contributed by atoms with Crippen LogP contribution < -0.4 is 5.32 Å². The van der Waals surface area contributed by atoms with Crippen LogP contribution in [0.5, 0.6) is 0 Å². The molecule has 1 unspecified atom stereocenters. The van der Waals surface area contributed by atoms with Gasteiger partial charge in [0.05, 0.1) is 6.42 Å². The summed E-state index contributed by atoms with van der Waals surface area (Å²) >= 11 is 1.22. The maximum atomic E-state index is 11.3. The lowest BCUT2D eigenvalue weighted by molar-refractivity contribution is -0.140. The fourth-order valence-corrected chi connectivity index (χ4v) is 1.60. The zero-order chi connectivity index (χ0) is 12.6. The minimum atomic E-state index is -0.977. The molecule has 16 heavy (non-hydrogen) atoms. The molecule has 0 spiro atoms. The van der Waals surface area contributed by atoms with E-state index >= 15 is 0 Å². The molecule has 0 bridgehead atoms. The van der Waals surface area contributed by atoms with E-state index in [1.54, 1.807) is 6.92 Å². The van der Waals surface area contributed by atoms with Crippen LogP contribution in [0.2, 0.25) is 0 Å². The molecule has 0 radical (unpaired) electrons. The van der Waals surface area contributed by atoms with Crippen molar-refractivity contribution in [2.45, 2.75) is 26.7 Å². The van der Waals surface area contributed by atoms with Crippen molar-refractivity contribution in [1.82, 2.24) is 5.32 Å². The van der Waals surface area contributed by atoms with E-state index in [1.165, 1.54) is 18.7 Å². The van der Waals surface area contributed by atoms with Crippen molar-refractivity contribution >= 4 is 28.8 Å². The standard InChI is InChI=1S/C10H17NO4S/c1-7(6-9(13)14)10(15)11-4-3-5-16-8(2)12/h7H,3-6H2,1-2H3,(H,11,15)(H,13,14). The van der Waals surface area contributed by atoms with E-state index in [4.69, 9.17) is 5.11 Å². The van der Waals surface area contributed by atoms with Gasteiger partial charge in [0.25, 0.3) is 0 Å². The zero-order valence-electron chi connectivity index (χ0n) is 9.49. The highest BCUT2D eigenvalue weighted by molar-refractivity contribution is 8.13. The molecule has 0 aromatic rings. The molecule has 6 heteroatoms. The average molecular weight is 247 g/mol. The summed E-state index contributed by atoms with van der Waals surface area (Å²) in [5.74, 6) is -1.08. The molecule has 0 aliphatic carbocycles. The smallest absolute Gasteiger partial charge is 0.304 e. The number of hydrogen-bond acceptors (Lipinski definition) is 4. The number of carboxylic acid groups (broad SMARTS) is 1. The predicted octanol–water partition coefficient (Wildman–Crippen LogP) is 0.883. The summed E-state index contributed by atoms with van der Waals surface area (Å²) in [7, 11) is 0. The highest BCUT2D eigenvalue weighted by Gasteiger charge is 2.15. The number of carboxylic acids is 1. The number of hydrogen-bond donors (Lipinski definition) is 2. The molecule has 2 N–H and O–H groups in total. The van der Waals surface area contributed by atoms with Crippen molar-refractivity contribution in [2.24, 2.45) is 5.92 Å². The van der Waals surface area contributed by atoms with Crippen LogP contribution in [0.25, 0.3) is 0 Å². The van der Waals surface area contributed by atoms with Gasteiger partial charge in [0.1, 0.15) is 0 Å². The number of amides is 1. The number of carbonyl (C=O) groups excluding carboxylic acids is 2. The summed E-state index contributed by atoms with van der Waals surface area (Å²) in [6.07, 6.45) is 0.545. The Morgan fingerprint density at radius 1 is 1.38 bits per heavy atom. The third kappa shape index (κ3) is 8.28. The second kappa shape index (κ2) is 8.15. The van der Waals surface area contributed by atoms with Crippen LogP contribution in [0.3, 0.4) is 0 Å². The average Bonchev–Trinajstić information content (AvgIpc) is 2.15. The van der Waals surface area contributed by atoms with E-state index in [0.29, 0.717) is 18.7 Å². The van der Waals surface area contributed by atoms with E-state index in [2.05, 4.69) is 5.32 Å². The monoisotopic (exact) mass is 247 g/mol. The molecule has 1 atom stereocenters. The van der Waals surface area contributed by atoms with Gasteiger partial charge in [-0.05, 0) is 6.42 Å². The molecule has 0 fully saturated rings. The summed E-state index contributed by atoms with van der Waals surface area (Å²) in [5, 5.41) is 11.2. The van der Waals surface area contributed by atoms with Crippen LogP contribution in [0.15, 0.2) is 0 Å². The number of rotatable bonds is 7. The first kappa shape index (κ1) is 15.0. The van der Waals surface area contributed by atoms with E-state index in [0.717, 1.165) is 0 Å². The van der Waals surface area contributed by atoms with Gasteiger partial charge in [0.2, 0.25) is 5.91 Å². The molecule has 0 aromatic carbocycles. The van der Waals surface area contributed by atoms with Crippen molar-refractivity contribution in [1.29, 1.82) is 0 Å². The van der Waals surface area contributed by atoms with E-state index < -0.39 is 11.9 Å². The molecule has 1 amide bonds. The van der Waals surface area contributed by atoms with Gasteiger partial charge in [-0.15, -0.1) is 0 Å². The Balaban J connectivity index is 3.57. The molecule has 0 saturated heterocycles. The molecule has 0 saturated carbocycles. The minimum absolute atomic E-state index is 0.0607. The van der Waals surface area contributed by atoms with Crippen molar-refractivity contribution < 1.29 is 19.5 Å².